The lowest BCUT2D eigenvalue weighted by atomic mass is 9.77. The van der Waals surface area contributed by atoms with Crippen molar-refractivity contribution in [3.63, 3.8) is 0 Å². The smallest absolute Gasteiger partial charge is 0.354 e. The standard InChI is InChI=1S/C13H21NO4/c1-5-17-11(15)13(9-7-16-8-9)6-10(14-18-13)12(2,3)4/h9H,5-8H2,1-4H3. The molecule has 0 spiro atoms. The zero-order chi connectivity index (χ0) is 13.4. The van der Waals surface area contributed by atoms with Gasteiger partial charge in [0.2, 0.25) is 5.60 Å². The van der Waals surface area contributed by atoms with Crippen LogP contribution in [0, 0.1) is 11.3 Å². The van der Waals surface area contributed by atoms with Crippen molar-refractivity contribution in [2.45, 2.75) is 39.7 Å². The molecule has 0 radical (unpaired) electrons. The third kappa shape index (κ3) is 2.11. The van der Waals surface area contributed by atoms with Gasteiger partial charge < -0.3 is 14.3 Å². The van der Waals surface area contributed by atoms with Crippen LogP contribution >= 0.6 is 0 Å². The van der Waals surface area contributed by atoms with Crippen LogP contribution < -0.4 is 0 Å². The van der Waals surface area contributed by atoms with Gasteiger partial charge >= 0.3 is 5.97 Å². The van der Waals surface area contributed by atoms with Crippen LogP contribution in [0.3, 0.4) is 0 Å². The largest absolute Gasteiger partial charge is 0.463 e. The number of rotatable bonds is 3. The SMILES string of the molecule is CCOC(=O)C1(C2COC2)CC(C(C)(C)C)=NO1. The maximum absolute atomic E-state index is 12.2. The Balaban J connectivity index is 2.17. The van der Waals surface area contributed by atoms with Crippen molar-refractivity contribution in [2.24, 2.45) is 16.5 Å². The highest BCUT2D eigenvalue weighted by Gasteiger charge is 2.57. The molecule has 0 aliphatic carbocycles. The molecule has 2 aliphatic heterocycles. The van der Waals surface area contributed by atoms with Crippen LogP contribution in [0.15, 0.2) is 5.16 Å². The average molecular weight is 255 g/mol. The molecule has 1 fully saturated rings. The number of nitrogens with zero attached hydrogens (tertiary/aromatic N) is 1. The van der Waals surface area contributed by atoms with Gasteiger partial charge in [-0.1, -0.05) is 25.9 Å². The number of hydrogen-bond donors (Lipinski definition) is 0. The predicted octanol–water partition coefficient (Wildman–Crippen LogP) is 1.76. The van der Waals surface area contributed by atoms with Gasteiger partial charge in [0.25, 0.3) is 0 Å². The Kier molecular flexibility index (Phi) is 3.36. The van der Waals surface area contributed by atoms with E-state index >= 15 is 0 Å². The molecule has 2 rings (SSSR count). The van der Waals surface area contributed by atoms with E-state index in [1.807, 2.05) is 0 Å². The van der Waals surface area contributed by atoms with E-state index in [4.69, 9.17) is 14.3 Å². The topological polar surface area (TPSA) is 57.1 Å². The van der Waals surface area contributed by atoms with Gasteiger partial charge in [0.15, 0.2) is 0 Å². The lowest BCUT2D eigenvalue weighted by Gasteiger charge is -2.38. The van der Waals surface area contributed by atoms with Gasteiger partial charge in [-0.2, -0.15) is 0 Å². The van der Waals surface area contributed by atoms with Gasteiger partial charge in [-0.25, -0.2) is 4.79 Å². The van der Waals surface area contributed by atoms with E-state index in [1.165, 1.54) is 0 Å². The molecule has 5 nitrogen and oxygen atoms in total. The Morgan fingerprint density at radius 3 is 2.56 bits per heavy atom. The Labute approximate surface area is 107 Å². The molecule has 1 unspecified atom stereocenters. The summed E-state index contributed by atoms with van der Waals surface area (Å²) in [6, 6.07) is 0. The van der Waals surface area contributed by atoms with Crippen LogP contribution in [0.1, 0.15) is 34.1 Å². The number of hydrogen-bond acceptors (Lipinski definition) is 5. The summed E-state index contributed by atoms with van der Waals surface area (Å²) in [5.41, 5.74) is -0.155. The average Bonchev–Trinajstić information content (AvgIpc) is 2.61. The molecule has 0 saturated carbocycles. The van der Waals surface area contributed by atoms with Gasteiger partial charge in [-0.15, -0.1) is 0 Å². The van der Waals surface area contributed by atoms with Crippen molar-refractivity contribution in [2.75, 3.05) is 19.8 Å². The van der Waals surface area contributed by atoms with E-state index in [9.17, 15) is 4.79 Å². The summed E-state index contributed by atoms with van der Waals surface area (Å²) in [6.07, 6.45) is 0.503. The second kappa shape index (κ2) is 4.53. The number of carbonyl (C=O) groups is 1. The van der Waals surface area contributed by atoms with E-state index in [-0.39, 0.29) is 17.3 Å². The maximum Gasteiger partial charge on any atom is 0.354 e. The highest BCUT2D eigenvalue weighted by molar-refractivity contribution is 5.96. The summed E-state index contributed by atoms with van der Waals surface area (Å²) in [7, 11) is 0. The molecule has 18 heavy (non-hydrogen) atoms. The molecule has 2 heterocycles. The van der Waals surface area contributed by atoms with Crippen LogP contribution in [-0.4, -0.2) is 37.1 Å². The number of esters is 1. The minimum atomic E-state index is -0.961. The number of carbonyl (C=O) groups excluding carboxylic acids is 1. The monoisotopic (exact) mass is 255 g/mol. The van der Waals surface area contributed by atoms with Crippen molar-refractivity contribution in [1.82, 2.24) is 0 Å². The molecule has 102 valence electrons. The first-order valence-electron chi connectivity index (χ1n) is 6.40. The molecule has 2 aliphatic rings. The van der Waals surface area contributed by atoms with Crippen LogP contribution in [-0.2, 0) is 19.1 Å². The predicted molar refractivity (Wildman–Crippen MR) is 66.3 cm³/mol. The third-order valence-corrected chi connectivity index (χ3v) is 3.53. The normalized spacial score (nSPS) is 28.3. The molecule has 0 aromatic rings. The summed E-state index contributed by atoms with van der Waals surface area (Å²) in [5, 5.41) is 4.13. The Hall–Kier alpha value is -1.10. The summed E-state index contributed by atoms with van der Waals surface area (Å²) in [4.78, 5) is 17.7. The van der Waals surface area contributed by atoms with Gasteiger partial charge in [-0.05, 0) is 6.92 Å². The summed E-state index contributed by atoms with van der Waals surface area (Å²) in [6.45, 7) is 9.40. The first kappa shape index (κ1) is 13.3. The third-order valence-electron chi connectivity index (χ3n) is 3.53. The Morgan fingerprint density at radius 1 is 1.50 bits per heavy atom. The second-order valence-electron chi connectivity index (χ2n) is 5.90. The van der Waals surface area contributed by atoms with Crippen LogP contribution in [0.5, 0.6) is 0 Å². The molecule has 1 saturated heterocycles. The Bertz CT molecular complexity index is 368. The lowest BCUT2D eigenvalue weighted by molar-refractivity contribution is -0.200. The van der Waals surface area contributed by atoms with E-state index < -0.39 is 5.60 Å². The van der Waals surface area contributed by atoms with E-state index in [0.717, 1.165) is 5.71 Å². The molecule has 5 heteroatoms. The van der Waals surface area contributed by atoms with Gasteiger partial charge in [0, 0.05) is 11.8 Å². The molecule has 0 aromatic carbocycles. The fourth-order valence-corrected chi connectivity index (χ4v) is 2.11. The molecule has 0 amide bonds. The minimum Gasteiger partial charge on any atom is -0.463 e. The highest BCUT2D eigenvalue weighted by Crippen LogP contribution is 2.40. The minimum absolute atomic E-state index is 0.0418. The zero-order valence-electron chi connectivity index (χ0n) is 11.5. The summed E-state index contributed by atoms with van der Waals surface area (Å²) in [5.74, 6) is -0.276. The number of oxime groups is 1. The van der Waals surface area contributed by atoms with Crippen molar-refractivity contribution >= 4 is 11.7 Å². The van der Waals surface area contributed by atoms with Gasteiger partial charge in [0.05, 0.1) is 31.5 Å². The fraction of sp³-hybridized carbons (Fsp3) is 0.846. The Morgan fingerprint density at radius 2 is 2.17 bits per heavy atom. The first-order chi connectivity index (χ1) is 8.40. The molecule has 0 N–H and O–H groups in total. The molecule has 0 bridgehead atoms. The molecular formula is C13H21NO4. The van der Waals surface area contributed by atoms with Gasteiger partial charge in [-0.3, -0.25) is 0 Å². The van der Waals surface area contributed by atoms with E-state index in [0.29, 0.717) is 26.2 Å². The molecule has 1 atom stereocenters. The maximum atomic E-state index is 12.2. The van der Waals surface area contributed by atoms with Crippen molar-refractivity contribution in [3.8, 4) is 0 Å². The van der Waals surface area contributed by atoms with Crippen molar-refractivity contribution < 1.29 is 19.1 Å². The lowest BCUT2D eigenvalue weighted by Crippen LogP contribution is -2.55. The summed E-state index contributed by atoms with van der Waals surface area (Å²) < 4.78 is 10.3. The van der Waals surface area contributed by atoms with E-state index in [2.05, 4.69) is 25.9 Å². The summed E-state index contributed by atoms with van der Waals surface area (Å²) >= 11 is 0. The van der Waals surface area contributed by atoms with E-state index in [1.54, 1.807) is 6.92 Å². The first-order valence-corrected chi connectivity index (χ1v) is 6.40. The number of ether oxygens (including phenoxy) is 2. The van der Waals surface area contributed by atoms with Gasteiger partial charge in [0.1, 0.15) is 0 Å². The molecule has 0 aromatic heterocycles. The van der Waals surface area contributed by atoms with Crippen LogP contribution in [0.2, 0.25) is 0 Å². The zero-order valence-corrected chi connectivity index (χ0v) is 11.5. The quantitative estimate of drug-likeness (QED) is 0.721. The van der Waals surface area contributed by atoms with Crippen molar-refractivity contribution in [1.29, 1.82) is 0 Å². The fourth-order valence-electron chi connectivity index (χ4n) is 2.11. The second-order valence-corrected chi connectivity index (χ2v) is 5.90. The molecular weight excluding hydrogens is 234 g/mol. The highest BCUT2D eigenvalue weighted by atomic mass is 16.7. The van der Waals surface area contributed by atoms with Crippen LogP contribution in [0.4, 0.5) is 0 Å². The van der Waals surface area contributed by atoms with Crippen molar-refractivity contribution in [3.05, 3.63) is 0 Å². The van der Waals surface area contributed by atoms with Crippen LogP contribution in [0.25, 0.3) is 0 Å².